The van der Waals surface area contributed by atoms with E-state index in [2.05, 4.69) is 6.07 Å². The molecule has 0 saturated carbocycles. The van der Waals surface area contributed by atoms with Gasteiger partial charge in [0.15, 0.2) is 0 Å². The second-order valence-corrected chi connectivity index (χ2v) is 5.45. The first-order chi connectivity index (χ1) is 8.86. The third kappa shape index (κ3) is 2.31. The highest BCUT2D eigenvalue weighted by molar-refractivity contribution is 7.98. The van der Waals surface area contributed by atoms with Gasteiger partial charge in [-0.3, -0.25) is 0 Å². The number of aromatic nitrogens is 1. The second-order valence-electron chi connectivity index (χ2n) is 4.48. The number of thioether (sulfide) groups is 1. The molecule has 3 rings (SSSR count). The summed E-state index contributed by atoms with van der Waals surface area (Å²) in [5, 5.41) is 1.06. The summed E-state index contributed by atoms with van der Waals surface area (Å²) >= 11 is 1.71. The average Bonchev–Trinajstić information content (AvgIpc) is 3.05. The average molecular weight is 260 g/mol. The van der Waals surface area contributed by atoms with Gasteiger partial charge in [0.05, 0.1) is 12.0 Å². The van der Waals surface area contributed by atoms with Crippen molar-refractivity contribution in [1.29, 1.82) is 0 Å². The monoisotopic (exact) mass is 260 g/mol. The molecule has 0 saturated heterocycles. The highest BCUT2D eigenvalue weighted by Crippen LogP contribution is 2.29. The van der Waals surface area contributed by atoms with E-state index < -0.39 is 0 Å². The predicted octanol–water partition coefficient (Wildman–Crippen LogP) is 2.91. The maximum absolute atomic E-state index is 5.82. The Morgan fingerprint density at radius 1 is 1.39 bits per heavy atom. The van der Waals surface area contributed by atoms with Crippen LogP contribution in [0.25, 0.3) is 0 Å². The maximum Gasteiger partial charge on any atom is 0.114 e. The molecule has 0 aromatic carbocycles. The maximum atomic E-state index is 5.82. The smallest absolute Gasteiger partial charge is 0.114 e. The van der Waals surface area contributed by atoms with Crippen LogP contribution in [0.3, 0.4) is 0 Å². The van der Waals surface area contributed by atoms with Crippen LogP contribution in [0.2, 0.25) is 0 Å². The number of pyridine rings is 1. The Kier molecular flexibility index (Phi) is 3.39. The summed E-state index contributed by atoms with van der Waals surface area (Å²) in [7, 11) is 0. The minimum atomic E-state index is 0.556. The topological polar surface area (TPSA) is 52.0 Å². The van der Waals surface area contributed by atoms with Crippen molar-refractivity contribution in [2.75, 3.05) is 0 Å². The molecule has 0 radical (unpaired) electrons. The molecule has 0 atom stereocenters. The van der Waals surface area contributed by atoms with Crippen LogP contribution in [0.15, 0.2) is 33.9 Å². The molecule has 94 valence electrons. The number of nitrogens with zero attached hydrogens (tertiary/aromatic N) is 1. The molecule has 0 spiro atoms. The molecular weight excluding hydrogens is 244 g/mol. The Bertz CT molecular complexity index is 537. The number of hydrogen-bond donors (Lipinski definition) is 1. The van der Waals surface area contributed by atoms with Crippen molar-refractivity contribution in [2.24, 2.45) is 5.73 Å². The molecular formula is C14H16N2OS. The van der Waals surface area contributed by atoms with Gasteiger partial charge in [-0.2, -0.15) is 0 Å². The lowest BCUT2D eigenvalue weighted by atomic mass is 10.1. The summed E-state index contributed by atoms with van der Waals surface area (Å²) in [6.07, 6.45) is 5.18. The molecule has 0 amide bonds. The first kappa shape index (κ1) is 11.8. The van der Waals surface area contributed by atoms with Gasteiger partial charge in [0.2, 0.25) is 0 Å². The van der Waals surface area contributed by atoms with Gasteiger partial charge in [-0.15, -0.1) is 0 Å². The van der Waals surface area contributed by atoms with Crippen molar-refractivity contribution in [3.63, 3.8) is 0 Å². The number of furan rings is 1. The minimum absolute atomic E-state index is 0.556. The van der Waals surface area contributed by atoms with E-state index in [1.807, 2.05) is 12.1 Å². The van der Waals surface area contributed by atoms with Crippen molar-refractivity contribution in [2.45, 2.75) is 36.6 Å². The van der Waals surface area contributed by atoms with Gasteiger partial charge in [0.1, 0.15) is 10.8 Å². The van der Waals surface area contributed by atoms with Crippen molar-refractivity contribution < 1.29 is 4.42 Å². The zero-order chi connectivity index (χ0) is 12.4. The lowest BCUT2D eigenvalue weighted by Crippen LogP contribution is -2.03. The molecule has 18 heavy (non-hydrogen) atoms. The second kappa shape index (κ2) is 5.16. The van der Waals surface area contributed by atoms with Crippen LogP contribution in [-0.4, -0.2) is 4.98 Å². The van der Waals surface area contributed by atoms with E-state index in [9.17, 15) is 0 Å². The van der Waals surface area contributed by atoms with E-state index in [1.54, 1.807) is 18.0 Å². The Labute approximate surface area is 111 Å². The number of fused-ring (bicyclic) bond motifs is 1. The largest absolute Gasteiger partial charge is 0.468 e. The standard InChI is InChI=1S/C14H16N2OS/c15-8-11-7-10-3-1-5-13(10)16-14(11)18-9-12-4-2-6-17-12/h2,4,6-7H,1,3,5,8-9,15H2. The van der Waals surface area contributed by atoms with Crippen LogP contribution in [0.5, 0.6) is 0 Å². The third-order valence-electron chi connectivity index (χ3n) is 3.24. The summed E-state index contributed by atoms with van der Waals surface area (Å²) in [4.78, 5) is 4.76. The molecule has 4 heteroatoms. The molecule has 0 aliphatic heterocycles. The van der Waals surface area contributed by atoms with Gasteiger partial charge in [-0.25, -0.2) is 4.98 Å². The van der Waals surface area contributed by atoms with Crippen molar-refractivity contribution in [1.82, 2.24) is 4.98 Å². The van der Waals surface area contributed by atoms with Gasteiger partial charge in [-0.1, -0.05) is 17.8 Å². The SMILES string of the molecule is NCc1cc2c(nc1SCc1ccco1)CCC2. The van der Waals surface area contributed by atoms with Crippen LogP contribution in [-0.2, 0) is 25.1 Å². The van der Waals surface area contributed by atoms with Crippen LogP contribution in [0, 0.1) is 0 Å². The molecule has 2 N–H and O–H groups in total. The first-order valence-corrected chi connectivity index (χ1v) is 7.22. The number of rotatable bonds is 4. The first-order valence-electron chi connectivity index (χ1n) is 6.23. The van der Waals surface area contributed by atoms with E-state index in [0.717, 1.165) is 34.9 Å². The zero-order valence-corrected chi connectivity index (χ0v) is 11.0. The predicted molar refractivity (Wildman–Crippen MR) is 72.4 cm³/mol. The van der Waals surface area contributed by atoms with Crippen LogP contribution in [0.1, 0.15) is 29.0 Å². The van der Waals surface area contributed by atoms with Gasteiger partial charge in [0, 0.05) is 12.2 Å². The van der Waals surface area contributed by atoms with Crippen LogP contribution in [0.4, 0.5) is 0 Å². The summed E-state index contributed by atoms with van der Waals surface area (Å²) in [6, 6.07) is 6.14. The molecule has 0 bridgehead atoms. The number of hydrogen-bond acceptors (Lipinski definition) is 4. The van der Waals surface area contributed by atoms with Gasteiger partial charge < -0.3 is 10.2 Å². The van der Waals surface area contributed by atoms with Gasteiger partial charge in [-0.05, 0) is 42.5 Å². The molecule has 0 fully saturated rings. The van der Waals surface area contributed by atoms with Crippen LogP contribution >= 0.6 is 11.8 Å². The number of aryl methyl sites for hydroxylation is 2. The van der Waals surface area contributed by atoms with Crippen molar-refractivity contribution >= 4 is 11.8 Å². The van der Waals surface area contributed by atoms with E-state index >= 15 is 0 Å². The Hall–Kier alpha value is -1.26. The fraction of sp³-hybridized carbons (Fsp3) is 0.357. The van der Waals surface area contributed by atoms with E-state index in [1.165, 1.54) is 17.7 Å². The Balaban J connectivity index is 1.82. The Morgan fingerprint density at radius 3 is 3.11 bits per heavy atom. The molecule has 0 unspecified atom stereocenters. The zero-order valence-electron chi connectivity index (χ0n) is 10.2. The van der Waals surface area contributed by atoms with Gasteiger partial charge in [0.25, 0.3) is 0 Å². The van der Waals surface area contributed by atoms with E-state index in [4.69, 9.17) is 15.1 Å². The number of nitrogens with two attached hydrogens (primary N) is 1. The molecule has 2 heterocycles. The normalized spacial score (nSPS) is 13.8. The fourth-order valence-electron chi connectivity index (χ4n) is 2.31. The van der Waals surface area contributed by atoms with E-state index in [-0.39, 0.29) is 0 Å². The van der Waals surface area contributed by atoms with Crippen molar-refractivity contribution in [3.8, 4) is 0 Å². The summed E-state index contributed by atoms with van der Waals surface area (Å²) in [5.74, 6) is 1.79. The van der Waals surface area contributed by atoms with Crippen molar-refractivity contribution in [3.05, 3.63) is 47.0 Å². The van der Waals surface area contributed by atoms with E-state index in [0.29, 0.717) is 6.54 Å². The lowest BCUT2D eigenvalue weighted by molar-refractivity contribution is 0.530. The molecule has 1 aliphatic carbocycles. The molecule has 1 aliphatic rings. The summed E-state index contributed by atoms with van der Waals surface area (Å²) in [6.45, 7) is 0.556. The third-order valence-corrected chi connectivity index (χ3v) is 4.30. The van der Waals surface area contributed by atoms with Crippen LogP contribution < -0.4 is 5.73 Å². The fourth-order valence-corrected chi connectivity index (χ4v) is 3.25. The minimum Gasteiger partial charge on any atom is -0.468 e. The summed E-state index contributed by atoms with van der Waals surface area (Å²) < 4.78 is 5.34. The van der Waals surface area contributed by atoms with Gasteiger partial charge >= 0.3 is 0 Å². The Morgan fingerprint density at radius 2 is 2.33 bits per heavy atom. The quantitative estimate of drug-likeness (QED) is 0.859. The summed E-state index contributed by atoms with van der Waals surface area (Å²) in [5.41, 5.74) is 9.62. The lowest BCUT2D eigenvalue weighted by Gasteiger charge is -2.09. The highest BCUT2D eigenvalue weighted by Gasteiger charge is 2.16. The highest BCUT2D eigenvalue weighted by atomic mass is 32.2. The molecule has 2 aromatic heterocycles. The molecule has 2 aromatic rings. The molecule has 3 nitrogen and oxygen atoms in total.